The highest BCUT2D eigenvalue weighted by Gasteiger charge is 2.51. The zero-order chi connectivity index (χ0) is 75.1. The predicted molar refractivity (Wildman–Crippen MR) is 381 cm³/mol. The largest absolute Gasteiger partial charge is 0.510 e. The molecule has 0 radical (unpaired) electrons. The summed E-state index contributed by atoms with van der Waals surface area (Å²) in [6.07, 6.45) is 10.7. The Bertz CT molecular complexity index is 3840. The summed E-state index contributed by atoms with van der Waals surface area (Å²) in [5.41, 5.74) is 8.57. The number of aryl methyl sites for hydroxylation is 1. The fraction of sp³-hybridized carbons (Fsp3) is 0.568. The van der Waals surface area contributed by atoms with Crippen LogP contribution < -0.4 is 32.6 Å². The average molecular weight is 1480 g/mol. The smallest absolute Gasteiger partial charge is 0.508 e. The molecule has 576 valence electrons. The van der Waals surface area contributed by atoms with Crippen molar-refractivity contribution in [3.63, 3.8) is 0 Å². The van der Waals surface area contributed by atoms with Crippen molar-refractivity contribution < 1.29 is 95.6 Å². The number of nitrogens with zero attached hydrogens (tertiary/aromatic N) is 6. The summed E-state index contributed by atoms with van der Waals surface area (Å²) in [5, 5.41) is 30.4. The van der Waals surface area contributed by atoms with E-state index in [9.17, 15) is 48.3 Å². The third-order valence-corrected chi connectivity index (χ3v) is 18.6. The Morgan fingerprint density at radius 1 is 0.717 bits per heavy atom. The molecule has 6 heterocycles. The zero-order valence-electron chi connectivity index (χ0n) is 60.4. The van der Waals surface area contributed by atoms with E-state index in [-0.39, 0.29) is 98.7 Å². The van der Waals surface area contributed by atoms with Crippen molar-refractivity contribution in [2.45, 2.75) is 135 Å². The molecule has 3 aliphatic heterocycles. The van der Waals surface area contributed by atoms with E-state index in [1.165, 1.54) is 17.1 Å². The summed E-state index contributed by atoms with van der Waals surface area (Å²) in [6, 6.07) is 12.0. The van der Waals surface area contributed by atoms with Crippen LogP contribution in [0.5, 0.6) is 5.75 Å². The number of carbonyl (C=O) groups is 8. The molecule has 0 spiro atoms. The van der Waals surface area contributed by atoms with E-state index in [1.807, 2.05) is 6.92 Å². The van der Waals surface area contributed by atoms with Crippen LogP contribution in [0.1, 0.15) is 118 Å². The topological polar surface area (TPSA) is 401 Å². The molecule has 0 unspecified atom stereocenters. The molecule has 4 aliphatic rings. The molecule has 0 bridgehead atoms. The number of imide groups is 1. The van der Waals surface area contributed by atoms with Crippen molar-refractivity contribution >= 4 is 64.2 Å². The van der Waals surface area contributed by atoms with E-state index >= 15 is 0 Å². The second-order valence-corrected chi connectivity index (χ2v) is 26.0. The summed E-state index contributed by atoms with van der Waals surface area (Å²) in [7, 11) is 0. The summed E-state index contributed by atoms with van der Waals surface area (Å²) < 4.78 is 64.6. The Kier molecular flexibility index (Phi) is 32.3. The first kappa shape index (κ1) is 81.0. The number of benzene rings is 2. The molecular formula is C74H99N11O21. The Balaban J connectivity index is 0.528. The highest BCUT2D eigenvalue weighted by molar-refractivity contribution is 6.13. The van der Waals surface area contributed by atoms with Gasteiger partial charge in [0.15, 0.2) is 0 Å². The van der Waals surface area contributed by atoms with Crippen LogP contribution in [0.2, 0.25) is 0 Å². The molecule has 0 saturated heterocycles. The van der Waals surface area contributed by atoms with Crippen molar-refractivity contribution in [2.75, 3.05) is 131 Å². The fourth-order valence-electron chi connectivity index (χ4n) is 12.9. The first-order valence-corrected chi connectivity index (χ1v) is 36.5. The Morgan fingerprint density at radius 3 is 2.03 bits per heavy atom. The molecule has 1 saturated carbocycles. The number of cyclic esters (lactones) is 1. The first-order chi connectivity index (χ1) is 51.6. The fourth-order valence-corrected chi connectivity index (χ4v) is 12.9. The molecule has 9 rings (SSSR count). The van der Waals surface area contributed by atoms with Gasteiger partial charge in [-0.1, -0.05) is 31.2 Å². The third-order valence-electron chi connectivity index (χ3n) is 18.6. The molecule has 1 aliphatic carbocycles. The zero-order valence-corrected chi connectivity index (χ0v) is 60.4. The number of nitrogens with one attached hydrogen (secondary N) is 4. The lowest BCUT2D eigenvalue weighted by Gasteiger charge is -2.35. The number of pyridine rings is 2. The van der Waals surface area contributed by atoms with Gasteiger partial charge in [0.25, 0.3) is 17.4 Å². The lowest BCUT2D eigenvalue weighted by atomic mass is 9.81. The first-order valence-electron chi connectivity index (χ1n) is 36.5. The van der Waals surface area contributed by atoms with Gasteiger partial charge in [-0.3, -0.25) is 38.5 Å². The Labute approximate surface area is 614 Å². The molecule has 32 nitrogen and oxygen atoms in total. The van der Waals surface area contributed by atoms with Crippen molar-refractivity contribution in [1.82, 2.24) is 45.4 Å². The second-order valence-electron chi connectivity index (χ2n) is 26.0. The molecule has 5 aromatic rings. The van der Waals surface area contributed by atoms with Crippen molar-refractivity contribution in [2.24, 2.45) is 17.6 Å². The van der Waals surface area contributed by atoms with E-state index in [0.29, 0.717) is 178 Å². The normalized spacial score (nSPS) is 16.9. The minimum atomic E-state index is -2.00. The van der Waals surface area contributed by atoms with Crippen molar-refractivity contribution in [3.05, 3.63) is 111 Å². The van der Waals surface area contributed by atoms with E-state index in [2.05, 4.69) is 31.6 Å². The SMILES string of the molecule is CCc1c2c(nc3ccc(O)cc13)-c1cc3c(c(=O)n1C2)COC(=O)[C@@]3(CC)OC(=O)OCc1ccc(NC(=O)[C@H](CCCCN)NC(=O)COCC(=O)NCCOCCCCCOCCOCCOCCOCCOCCOCCn2cc(CNC(=O)C3CCC(CN4C(=O)C=CC4=O)CC3)nn2)cc1. The number of hydrogen-bond acceptors (Lipinski definition) is 25. The maximum atomic E-state index is 14.1. The van der Waals surface area contributed by atoms with Crippen LogP contribution in [0.4, 0.5) is 10.5 Å². The number of esters is 1. The maximum Gasteiger partial charge on any atom is 0.510 e. The van der Waals surface area contributed by atoms with Crippen molar-refractivity contribution in [1.29, 1.82) is 0 Å². The van der Waals surface area contributed by atoms with Gasteiger partial charge in [0.05, 0.1) is 128 Å². The number of nitrogens with two attached hydrogens (primary N) is 1. The summed E-state index contributed by atoms with van der Waals surface area (Å²) in [6.45, 7) is 10.4. The highest BCUT2D eigenvalue weighted by atomic mass is 16.7. The lowest BCUT2D eigenvalue weighted by molar-refractivity contribution is -0.175. The average Bonchev–Trinajstić information content (AvgIpc) is 1.49. The number of fused-ring (bicyclic) bond motifs is 5. The summed E-state index contributed by atoms with van der Waals surface area (Å²) in [5.74, 6) is -2.76. The number of phenolic OH excluding ortho intramolecular Hbond substituents is 1. The number of hydrogen-bond donors (Lipinski definition) is 6. The number of ether oxygens (including phenoxy) is 11. The molecule has 2 aromatic carbocycles. The second kappa shape index (κ2) is 42.3. The number of carbonyl (C=O) groups excluding carboxylic acids is 8. The number of phenols is 1. The van der Waals surface area contributed by atoms with Gasteiger partial charge in [0, 0.05) is 66.6 Å². The van der Waals surface area contributed by atoms with Gasteiger partial charge in [0.2, 0.25) is 29.2 Å². The van der Waals surface area contributed by atoms with Gasteiger partial charge in [-0.2, -0.15) is 0 Å². The third kappa shape index (κ3) is 23.7. The van der Waals surface area contributed by atoms with Gasteiger partial charge in [-0.15, -0.1) is 5.10 Å². The lowest BCUT2D eigenvalue weighted by Crippen LogP contribution is -2.47. The highest BCUT2D eigenvalue weighted by Crippen LogP contribution is 2.43. The Hall–Kier alpha value is -9.12. The standard InChI is InChI=1S/C74H99N11O21/c1-3-56-57-40-55(86)19-20-61(57)80-68-58(56)45-84-63(68)41-60-59(71(84)93)47-104-72(94)74(60,4-2)106-73(95)105-46-51-13-17-53(18-14-51)78-70(92)62(10-6-7-23-75)79-65(88)49-103-48-64(87)76-24-28-96-26-8-5-9-27-97-30-32-99-34-36-101-38-39-102-37-35-100-33-31-98-29-25-83-44-54(81-82-83)42-77-69(91)52-15-11-50(12-16-52)43-85-66(89)21-22-67(85)90/h13-14,17-22,40-41,44,50,52,62,86H,3-12,15-16,23-39,42-43,45-49,75H2,1-2H3,(H,76,87)(H,77,91)(H,78,92)(H,79,88)/t50?,52?,62-,74-/m0/s1. The van der Waals surface area contributed by atoms with Gasteiger partial charge in [-0.25, -0.2) is 19.3 Å². The van der Waals surface area contributed by atoms with E-state index in [4.69, 9.17) is 62.8 Å². The predicted octanol–water partition coefficient (Wildman–Crippen LogP) is 4.32. The summed E-state index contributed by atoms with van der Waals surface area (Å²) in [4.78, 5) is 123. The molecule has 3 aromatic heterocycles. The molecule has 2 atom stereocenters. The van der Waals surface area contributed by atoms with Gasteiger partial charge in [0.1, 0.15) is 43.9 Å². The van der Waals surface area contributed by atoms with Crippen molar-refractivity contribution in [3.8, 4) is 17.1 Å². The van der Waals surface area contributed by atoms with Gasteiger partial charge in [-0.05, 0) is 137 Å². The van der Waals surface area contributed by atoms with Crippen LogP contribution in [0.15, 0.2) is 71.7 Å². The van der Waals surface area contributed by atoms with Crippen LogP contribution in [-0.4, -0.2) is 214 Å². The van der Waals surface area contributed by atoms with Crippen LogP contribution in [0.3, 0.4) is 0 Å². The monoisotopic (exact) mass is 1480 g/mol. The number of aromatic hydroxyl groups is 1. The van der Waals surface area contributed by atoms with Crippen LogP contribution >= 0.6 is 0 Å². The van der Waals surface area contributed by atoms with E-state index in [1.54, 1.807) is 70.9 Å². The maximum absolute atomic E-state index is 14.1. The Morgan fingerprint density at radius 2 is 1.37 bits per heavy atom. The van der Waals surface area contributed by atoms with Gasteiger partial charge >= 0.3 is 12.1 Å². The van der Waals surface area contributed by atoms with E-state index in [0.717, 1.165) is 48.6 Å². The van der Waals surface area contributed by atoms with Crippen LogP contribution in [-0.2, 0) is 131 Å². The number of rotatable bonds is 48. The number of unbranched alkanes of at least 4 members (excludes halogenated alkanes) is 3. The minimum Gasteiger partial charge on any atom is -0.508 e. The van der Waals surface area contributed by atoms with Gasteiger partial charge < -0.3 is 88.8 Å². The van der Waals surface area contributed by atoms with Crippen LogP contribution in [0.25, 0.3) is 22.3 Å². The number of aromatic nitrogens is 5. The molecule has 106 heavy (non-hydrogen) atoms. The molecule has 1 fully saturated rings. The van der Waals surface area contributed by atoms with E-state index < -0.39 is 53.7 Å². The number of amides is 6. The summed E-state index contributed by atoms with van der Waals surface area (Å²) >= 11 is 0. The molecule has 6 amide bonds. The molecule has 32 heteroatoms. The molecular weight excluding hydrogens is 1380 g/mol. The molecule has 7 N–H and O–H groups in total. The van der Waals surface area contributed by atoms with Crippen LogP contribution in [0, 0.1) is 11.8 Å². The minimum absolute atomic E-state index is 0.0253. The quantitative estimate of drug-likeness (QED) is 0.0176. The number of anilines is 1.